The van der Waals surface area contributed by atoms with Crippen LogP contribution in [0.15, 0.2) is 48.5 Å². The molecule has 3 nitrogen and oxygen atoms in total. The van der Waals surface area contributed by atoms with Crippen molar-refractivity contribution >= 4 is 5.91 Å². The molecule has 20 heavy (non-hydrogen) atoms. The lowest BCUT2D eigenvalue weighted by Crippen LogP contribution is -2.18. The van der Waals surface area contributed by atoms with Gasteiger partial charge in [0.1, 0.15) is 0 Å². The maximum absolute atomic E-state index is 11.4. The number of hydrogen-bond acceptors (Lipinski definition) is 2. The first-order valence-corrected chi connectivity index (χ1v) is 6.67. The lowest BCUT2D eigenvalue weighted by Gasteiger charge is -2.15. The molecular weight excluding hydrogens is 248 g/mol. The van der Waals surface area contributed by atoms with Gasteiger partial charge in [0.2, 0.25) is 5.91 Å². The number of amides is 1. The molecule has 0 bridgehead atoms. The maximum atomic E-state index is 11.4. The van der Waals surface area contributed by atoms with Crippen LogP contribution in [0.3, 0.4) is 0 Å². The highest BCUT2D eigenvalue weighted by Gasteiger charge is 2.24. The van der Waals surface area contributed by atoms with Gasteiger partial charge in [-0.05, 0) is 35.2 Å². The van der Waals surface area contributed by atoms with Gasteiger partial charge in [-0.25, -0.2) is 0 Å². The van der Waals surface area contributed by atoms with E-state index in [0.29, 0.717) is 12.0 Å². The zero-order chi connectivity index (χ0) is 13.9. The lowest BCUT2D eigenvalue weighted by atomic mass is 9.94. The van der Waals surface area contributed by atoms with Crippen molar-refractivity contribution in [2.24, 2.45) is 0 Å². The Hall–Kier alpha value is -2.60. The van der Waals surface area contributed by atoms with Crippen LogP contribution in [0.2, 0.25) is 0 Å². The average molecular weight is 262 g/mol. The van der Waals surface area contributed by atoms with Crippen LogP contribution in [0.1, 0.15) is 30.0 Å². The van der Waals surface area contributed by atoms with E-state index in [9.17, 15) is 4.79 Å². The van der Waals surface area contributed by atoms with Gasteiger partial charge in [-0.3, -0.25) is 4.79 Å². The minimum absolute atomic E-state index is 0.0920. The summed E-state index contributed by atoms with van der Waals surface area (Å²) in [5.74, 6) is 0.115. The molecule has 2 aromatic carbocycles. The highest BCUT2D eigenvalue weighted by Crippen LogP contribution is 2.32. The zero-order valence-corrected chi connectivity index (χ0v) is 11.0. The van der Waals surface area contributed by atoms with E-state index in [2.05, 4.69) is 23.5 Å². The Kier molecular flexibility index (Phi) is 3.22. The molecule has 98 valence electrons. The van der Waals surface area contributed by atoms with E-state index >= 15 is 0 Å². The van der Waals surface area contributed by atoms with Crippen LogP contribution in [-0.4, -0.2) is 5.91 Å². The van der Waals surface area contributed by atoms with Crippen LogP contribution >= 0.6 is 0 Å². The summed E-state index contributed by atoms with van der Waals surface area (Å²) in [7, 11) is 0. The molecule has 1 amide bonds. The second kappa shape index (κ2) is 5.18. The molecular formula is C17H14N2O. The molecule has 0 spiro atoms. The third-order valence-corrected chi connectivity index (χ3v) is 3.66. The Morgan fingerprint density at radius 1 is 1.10 bits per heavy atom. The highest BCUT2D eigenvalue weighted by molar-refractivity contribution is 5.80. The van der Waals surface area contributed by atoms with Crippen LogP contribution in [0.5, 0.6) is 0 Å². The zero-order valence-electron chi connectivity index (χ0n) is 11.0. The molecule has 3 rings (SSSR count). The molecule has 0 radical (unpaired) electrons. The largest absolute Gasteiger partial charge is 0.349 e. The fourth-order valence-corrected chi connectivity index (χ4v) is 2.64. The summed E-state index contributed by atoms with van der Waals surface area (Å²) < 4.78 is 0. The standard InChI is InChI=1S/C17H14N2O/c18-11-12-5-7-13(8-6-12)14-3-1-2-4-15(14)16-9-10-17(20)19-16/h1-8,16H,9-10H2,(H,19,20). The predicted molar refractivity (Wildman–Crippen MR) is 76.7 cm³/mol. The lowest BCUT2D eigenvalue weighted by molar-refractivity contribution is -0.119. The molecule has 1 saturated heterocycles. The highest BCUT2D eigenvalue weighted by atomic mass is 16.1. The number of carbonyl (C=O) groups excluding carboxylic acids is 1. The minimum Gasteiger partial charge on any atom is -0.349 e. The molecule has 0 aromatic heterocycles. The minimum atomic E-state index is 0.0920. The van der Waals surface area contributed by atoms with Crippen LogP contribution in [0.4, 0.5) is 0 Å². The van der Waals surface area contributed by atoms with Gasteiger partial charge in [0.15, 0.2) is 0 Å². The van der Waals surface area contributed by atoms with Gasteiger partial charge in [-0.1, -0.05) is 36.4 Å². The number of rotatable bonds is 2. The third kappa shape index (κ3) is 2.28. The number of nitrogens with zero attached hydrogens (tertiary/aromatic N) is 1. The molecule has 1 fully saturated rings. The predicted octanol–water partition coefficient (Wildman–Crippen LogP) is 3.18. The van der Waals surface area contributed by atoms with Crippen LogP contribution in [0.25, 0.3) is 11.1 Å². The van der Waals surface area contributed by atoms with Gasteiger partial charge < -0.3 is 5.32 Å². The van der Waals surface area contributed by atoms with Gasteiger partial charge in [-0.15, -0.1) is 0 Å². The summed E-state index contributed by atoms with van der Waals surface area (Å²) in [6, 6.07) is 17.9. The van der Waals surface area contributed by atoms with E-state index in [0.717, 1.165) is 23.1 Å². The fourth-order valence-electron chi connectivity index (χ4n) is 2.64. The molecule has 0 aliphatic carbocycles. The van der Waals surface area contributed by atoms with Crippen molar-refractivity contribution in [3.8, 4) is 17.2 Å². The van der Waals surface area contributed by atoms with Crippen molar-refractivity contribution in [3.05, 3.63) is 59.7 Å². The van der Waals surface area contributed by atoms with Gasteiger partial charge in [-0.2, -0.15) is 5.26 Å². The SMILES string of the molecule is N#Cc1ccc(-c2ccccc2C2CCC(=O)N2)cc1. The Balaban J connectivity index is 2.01. The molecule has 3 heteroatoms. The molecule has 1 unspecified atom stereocenters. The number of nitrogens with one attached hydrogen (secondary N) is 1. The molecule has 1 aliphatic rings. The number of nitriles is 1. The van der Waals surface area contributed by atoms with Gasteiger partial charge >= 0.3 is 0 Å². The molecule has 1 heterocycles. The average Bonchev–Trinajstić information content (AvgIpc) is 2.94. The Morgan fingerprint density at radius 3 is 2.50 bits per heavy atom. The maximum Gasteiger partial charge on any atom is 0.220 e. The first kappa shape index (κ1) is 12.4. The summed E-state index contributed by atoms with van der Waals surface area (Å²) in [6.45, 7) is 0. The number of carbonyl (C=O) groups is 1. The van der Waals surface area contributed by atoms with E-state index < -0.39 is 0 Å². The molecule has 1 N–H and O–H groups in total. The number of benzene rings is 2. The van der Waals surface area contributed by atoms with Crippen molar-refractivity contribution in [3.63, 3.8) is 0 Å². The van der Waals surface area contributed by atoms with Crippen molar-refractivity contribution < 1.29 is 4.79 Å². The van der Waals surface area contributed by atoms with Crippen LogP contribution in [-0.2, 0) is 4.79 Å². The van der Waals surface area contributed by atoms with Gasteiger partial charge in [0.25, 0.3) is 0 Å². The second-order valence-electron chi connectivity index (χ2n) is 4.94. The molecule has 0 saturated carbocycles. The molecule has 2 aromatic rings. The van der Waals surface area contributed by atoms with Crippen molar-refractivity contribution in [2.45, 2.75) is 18.9 Å². The second-order valence-corrected chi connectivity index (χ2v) is 4.94. The van der Waals surface area contributed by atoms with Gasteiger partial charge in [0.05, 0.1) is 17.7 Å². The normalized spacial score (nSPS) is 17.6. The number of hydrogen-bond donors (Lipinski definition) is 1. The molecule has 1 atom stereocenters. The van der Waals surface area contributed by atoms with Crippen LogP contribution in [0, 0.1) is 11.3 Å². The summed E-state index contributed by atoms with van der Waals surface area (Å²) >= 11 is 0. The Morgan fingerprint density at radius 2 is 1.85 bits per heavy atom. The van der Waals surface area contributed by atoms with Crippen molar-refractivity contribution in [1.29, 1.82) is 5.26 Å². The van der Waals surface area contributed by atoms with Crippen LogP contribution < -0.4 is 5.32 Å². The van der Waals surface area contributed by atoms with Crippen molar-refractivity contribution in [1.82, 2.24) is 5.32 Å². The molecule has 1 aliphatic heterocycles. The summed E-state index contributed by atoms with van der Waals surface area (Å²) in [4.78, 5) is 11.4. The van der Waals surface area contributed by atoms with E-state index in [1.54, 1.807) is 0 Å². The van der Waals surface area contributed by atoms with E-state index in [-0.39, 0.29) is 11.9 Å². The first-order chi connectivity index (χ1) is 9.78. The quantitative estimate of drug-likeness (QED) is 0.903. The first-order valence-electron chi connectivity index (χ1n) is 6.67. The summed E-state index contributed by atoms with van der Waals surface area (Å²) in [6.07, 6.45) is 1.43. The van der Waals surface area contributed by atoms with Crippen molar-refractivity contribution in [2.75, 3.05) is 0 Å². The third-order valence-electron chi connectivity index (χ3n) is 3.66. The smallest absolute Gasteiger partial charge is 0.220 e. The monoisotopic (exact) mass is 262 g/mol. The fraction of sp³-hybridized carbons (Fsp3) is 0.176. The van der Waals surface area contributed by atoms with E-state index in [1.807, 2.05) is 36.4 Å². The summed E-state index contributed by atoms with van der Waals surface area (Å²) in [5.41, 5.74) is 3.98. The Bertz CT molecular complexity index is 683. The van der Waals surface area contributed by atoms with E-state index in [1.165, 1.54) is 0 Å². The van der Waals surface area contributed by atoms with Gasteiger partial charge in [0, 0.05) is 6.42 Å². The topological polar surface area (TPSA) is 52.9 Å². The summed E-state index contributed by atoms with van der Waals surface area (Å²) in [5, 5.41) is 11.9. The Labute approximate surface area is 117 Å². The van der Waals surface area contributed by atoms with E-state index in [4.69, 9.17) is 5.26 Å².